The van der Waals surface area contributed by atoms with Crippen LogP contribution in [0.5, 0.6) is 6.01 Å². The number of aromatic nitrogens is 3. The number of hydrogen-bond acceptors (Lipinski definition) is 7. The lowest BCUT2D eigenvalue weighted by atomic mass is 10.2. The van der Waals surface area contributed by atoms with Crippen LogP contribution in [0.25, 0.3) is 0 Å². The quantitative estimate of drug-likeness (QED) is 0.774. The Bertz CT molecular complexity index is 459. The van der Waals surface area contributed by atoms with Crippen LogP contribution in [0, 0.1) is 17.2 Å². The van der Waals surface area contributed by atoms with Crippen molar-refractivity contribution in [2.24, 2.45) is 5.92 Å². The summed E-state index contributed by atoms with van der Waals surface area (Å²) in [6, 6.07) is 2.50. The summed E-state index contributed by atoms with van der Waals surface area (Å²) in [4.78, 5) is 14.6. The van der Waals surface area contributed by atoms with Crippen molar-refractivity contribution in [3.63, 3.8) is 0 Å². The average molecular weight is 278 g/mol. The van der Waals surface area contributed by atoms with Crippen LogP contribution in [-0.4, -0.2) is 41.7 Å². The summed E-state index contributed by atoms with van der Waals surface area (Å²) in [6.45, 7) is 7.69. The van der Waals surface area contributed by atoms with Crippen molar-refractivity contribution in [3.8, 4) is 12.1 Å². The highest BCUT2D eigenvalue weighted by Gasteiger charge is 2.13. The molecule has 0 spiro atoms. The fraction of sp³-hybridized carbons (Fsp3) is 0.692. The summed E-state index contributed by atoms with van der Waals surface area (Å²) in [5.74, 6) is 0.892. The van der Waals surface area contributed by atoms with Gasteiger partial charge in [-0.05, 0) is 20.3 Å². The molecule has 1 aromatic rings. The first-order chi connectivity index (χ1) is 9.60. The minimum absolute atomic E-state index is 0.0978. The van der Waals surface area contributed by atoms with Crippen LogP contribution in [0.2, 0.25) is 0 Å². The molecular weight excluding hydrogens is 256 g/mol. The first kappa shape index (κ1) is 16.0. The Labute approximate surface area is 120 Å². The van der Waals surface area contributed by atoms with Crippen molar-refractivity contribution in [3.05, 3.63) is 0 Å². The molecule has 0 saturated heterocycles. The highest BCUT2D eigenvalue weighted by Crippen LogP contribution is 2.15. The molecule has 1 unspecified atom stereocenters. The Balaban J connectivity index is 2.92. The zero-order chi connectivity index (χ0) is 15.0. The maximum absolute atomic E-state index is 8.87. The largest absolute Gasteiger partial charge is 0.463 e. The molecule has 0 aliphatic heterocycles. The summed E-state index contributed by atoms with van der Waals surface area (Å²) in [6.07, 6.45) is 0.888. The predicted molar refractivity (Wildman–Crippen MR) is 77.8 cm³/mol. The van der Waals surface area contributed by atoms with E-state index in [4.69, 9.17) is 10.00 Å². The summed E-state index contributed by atoms with van der Waals surface area (Å²) in [5.41, 5.74) is 0. The molecule has 7 heteroatoms. The van der Waals surface area contributed by atoms with E-state index in [-0.39, 0.29) is 5.92 Å². The van der Waals surface area contributed by atoms with Crippen LogP contribution in [0.15, 0.2) is 0 Å². The standard InChI is InChI=1S/C13H22N6O/c1-5-7-20-13-17-11(15-6-2)16-12(18-13)19(4)9-10(3)8-14/h10H,5-7,9H2,1-4H3,(H,15,16,17,18). The molecule has 0 radical (unpaired) electrons. The first-order valence-corrected chi connectivity index (χ1v) is 6.84. The Morgan fingerprint density at radius 1 is 1.35 bits per heavy atom. The van der Waals surface area contributed by atoms with Crippen LogP contribution in [-0.2, 0) is 0 Å². The normalized spacial score (nSPS) is 11.6. The molecule has 0 fully saturated rings. The fourth-order valence-corrected chi connectivity index (χ4v) is 1.54. The van der Waals surface area contributed by atoms with Crippen molar-refractivity contribution >= 4 is 11.9 Å². The van der Waals surface area contributed by atoms with Gasteiger partial charge < -0.3 is 15.0 Å². The van der Waals surface area contributed by atoms with E-state index in [1.807, 2.05) is 32.7 Å². The summed E-state index contributed by atoms with van der Waals surface area (Å²) in [5, 5.41) is 11.9. The Morgan fingerprint density at radius 3 is 2.70 bits per heavy atom. The zero-order valence-electron chi connectivity index (χ0n) is 12.6. The van der Waals surface area contributed by atoms with E-state index >= 15 is 0 Å². The topological polar surface area (TPSA) is 87.0 Å². The van der Waals surface area contributed by atoms with Crippen LogP contribution < -0.4 is 15.0 Å². The number of ether oxygens (including phenoxy) is 1. The maximum Gasteiger partial charge on any atom is 0.323 e. The maximum atomic E-state index is 8.87. The lowest BCUT2D eigenvalue weighted by Gasteiger charge is -2.19. The number of hydrogen-bond donors (Lipinski definition) is 1. The minimum atomic E-state index is -0.0978. The van der Waals surface area contributed by atoms with Crippen LogP contribution in [0.4, 0.5) is 11.9 Å². The molecule has 0 bridgehead atoms. The van der Waals surface area contributed by atoms with Crippen LogP contribution >= 0.6 is 0 Å². The molecule has 1 atom stereocenters. The second kappa shape index (κ2) is 8.15. The van der Waals surface area contributed by atoms with Gasteiger partial charge in [-0.3, -0.25) is 0 Å². The van der Waals surface area contributed by atoms with Gasteiger partial charge in [-0.15, -0.1) is 0 Å². The Morgan fingerprint density at radius 2 is 2.10 bits per heavy atom. The molecular formula is C13H22N6O. The van der Waals surface area contributed by atoms with E-state index in [0.717, 1.165) is 13.0 Å². The van der Waals surface area contributed by atoms with E-state index in [0.29, 0.717) is 31.1 Å². The van der Waals surface area contributed by atoms with Crippen molar-refractivity contribution in [2.45, 2.75) is 27.2 Å². The SMILES string of the molecule is CCCOc1nc(NCC)nc(N(C)CC(C)C#N)n1. The number of anilines is 2. The van der Waals surface area contributed by atoms with Crippen molar-refractivity contribution in [1.29, 1.82) is 5.26 Å². The molecule has 20 heavy (non-hydrogen) atoms. The van der Waals surface area contributed by atoms with Crippen LogP contribution in [0.1, 0.15) is 27.2 Å². The summed E-state index contributed by atoms with van der Waals surface area (Å²) >= 11 is 0. The van der Waals surface area contributed by atoms with Gasteiger partial charge in [0, 0.05) is 20.1 Å². The third-order valence-electron chi connectivity index (χ3n) is 2.48. The van der Waals surface area contributed by atoms with Gasteiger partial charge in [-0.25, -0.2) is 0 Å². The Kier molecular flexibility index (Phi) is 6.50. The van der Waals surface area contributed by atoms with Gasteiger partial charge in [-0.2, -0.15) is 20.2 Å². The van der Waals surface area contributed by atoms with Gasteiger partial charge in [-0.1, -0.05) is 6.92 Å². The first-order valence-electron chi connectivity index (χ1n) is 6.84. The van der Waals surface area contributed by atoms with E-state index in [2.05, 4.69) is 26.3 Å². The smallest absolute Gasteiger partial charge is 0.323 e. The molecule has 1 N–H and O–H groups in total. The lowest BCUT2D eigenvalue weighted by Crippen LogP contribution is -2.26. The molecule has 0 aromatic carbocycles. The van der Waals surface area contributed by atoms with Gasteiger partial charge in [0.05, 0.1) is 18.6 Å². The number of nitrogens with one attached hydrogen (secondary N) is 1. The van der Waals surface area contributed by atoms with Gasteiger partial charge in [0.2, 0.25) is 11.9 Å². The van der Waals surface area contributed by atoms with Crippen molar-refractivity contribution in [1.82, 2.24) is 15.0 Å². The van der Waals surface area contributed by atoms with E-state index in [9.17, 15) is 0 Å². The second-order valence-electron chi connectivity index (χ2n) is 4.53. The molecule has 1 rings (SSSR count). The molecule has 0 aliphatic carbocycles. The van der Waals surface area contributed by atoms with Gasteiger partial charge >= 0.3 is 6.01 Å². The van der Waals surface area contributed by atoms with Crippen LogP contribution in [0.3, 0.4) is 0 Å². The van der Waals surface area contributed by atoms with Gasteiger partial charge in [0.1, 0.15) is 0 Å². The highest BCUT2D eigenvalue weighted by atomic mass is 16.5. The van der Waals surface area contributed by atoms with Crippen molar-refractivity contribution in [2.75, 3.05) is 37.0 Å². The molecule has 110 valence electrons. The van der Waals surface area contributed by atoms with Gasteiger partial charge in [0.15, 0.2) is 0 Å². The number of nitrogens with zero attached hydrogens (tertiary/aromatic N) is 5. The molecule has 1 heterocycles. The third kappa shape index (κ3) is 4.88. The summed E-state index contributed by atoms with van der Waals surface area (Å²) in [7, 11) is 1.85. The lowest BCUT2D eigenvalue weighted by molar-refractivity contribution is 0.292. The highest BCUT2D eigenvalue weighted by molar-refractivity contribution is 5.37. The zero-order valence-corrected chi connectivity index (χ0v) is 12.6. The third-order valence-corrected chi connectivity index (χ3v) is 2.48. The molecule has 1 aromatic heterocycles. The second-order valence-corrected chi connectivity index (χ2v) is 4.53. The predicted octanol–water partition coefficient (Wildman–Crippen LogP) is 1.69. The van der Waals surface area contributed by atoms with Gasteiger partial charge in [0.25, 0.3) is 0 Å². The molecule has 0 amide bonds. The number of rotatable bonds is 8. The van der Waals surface area contributed by atoms with Crippen molar-refractivity contribution < 1.29 is 4.74 Å². The fourth-order valence-electron chi connectivity index (χ4n) is 1.54. The molecule has 0 aliphatic rings. The van der Waals surface area contributed by atoms with E-state index in [1.54, 1.807) is 0 Å². The van der Waals surface area contributed by atoms with E-state index < -0.39 is 0 Å². The molecule has 7 nitrogen and oxygen atoms in total. The molecule has 0 saturated carbocycles. The van der Waals surface area contributed by atoms with E-state index in [1.165, 1.54) is 0 Å². The monoisotopic (exact) mass is 278 g/mol. The minimum Gasteiger partial charge on any atom is -0.463 e. The number of nitriles is 1. The summed E-state index contributed by atoms with van der Waals surface area (Å²) < 4.78 is 5.47. The Hall–Kier alpha value is -2.10. The average Bonchev–Trinajstić information content (AvgIpc) is 2.45.